The second-order valence-corrected chi connectivity index (χ2v) is 3.49. The van der Waals surface area contributed by atoms with Gasteiger partial charge < -0.3 is 21.1 Å². The van der Waals surface area contributed by atoms with Crippen molar-refractivity contribution in [3.8, 4) is 0 Å². The van der Waals surface area contributed by atoms with Crippen molar-refractivity contribution >= 4 is 17.6 Å². The molecule has 1 aromatic carbocycles. The van der Waals surface area contributed by atoms with Gasteiger partial charge >= 0.3 is 6.03 Å². The topological polar surface area (TPSA) is 93.4 Å². The van der Waals surface area contributed by atoms with E-state index < -0.39 is 23.8 Å². The summed E-state index contributed by atoms with van der Waals surface area (Å²) in [6.45, 7) is -0.0555. The summed E-state index contributed by atoms with van der Waals surface area (Å²) in [6.07, 6.45) is 0. The number of primary amides is 1. The van der Waals surface area contributed by atoms with Crippen LogP contribution in [0.2, 0.25) is 0 Å². The molecule has 0 aliphatic rings. The first-order valence-electron chi connectivity index (χ1n) is 5.15. The Morgan fingerprint density at radius 2 is 2.11 bits per heavy atom. The zero-order valence-electron chi connectivity index (χ0n) is 9.77. The Morgan fingerprint density at radius 3 is 2.67 bits per heavy atom. The number of carbonyl (C=O) groups is 2. The highest BCUT2D eigenvalue weighted by Gasteiger charge is 2.18. The maximum atomic E-state index is 13.2. The van der Waals surface area contributed by atoms with Crippen LogP contribution < -0.4 is 16.4 Å². The molecule has 0 fully saturated rings. The molecule has 0 aliphatic heterocycles. The van der Waals surface area contributed by atoms with Crippen molar-refractivity contribution in [2.24, 2.45) is 5.73 Å². The van der Waals surface area contributed by atoms with Crippen LogP contribution in [0.5, 0.6) is 0 Å². The number of para-hydroxylation sites is 1. The SMILES string of the molecule is COC[C@H](NC(=O)Nc1ccccc1F)C(N)=O. The fraction of sp³-hybridized carbons (Fsp3) is 0.273. The lowest BCUT2D eigenvalue weighted by Gasteiger charge is -2.15. The summed E-state index contributed by atoms with van der Waals surface area (Å²) in [4.78, 5) is 22.5. The summed E-state index contributed by atoms with van der Waals surface area (Å²) >= 11 is 0. The first kappa shape index (κ1) is 13.9. The Kier molecular flexibility index (Phi) is 5.06. The third kappa shape index (κ3) is 4.02. The van der Waals surface area contributed by atoms with Crippen molar-refractivity contribution in [1.29, 1.82) is 0 Å². The molecule has 0 unspecified atom stereocenters. The van der Waals surface area contributed by atoms with Crippen LogP contribution in [0.4, 0.5) is 14.9 Å². The highest BCUT2D eigenvalue weighted by atomic mass is 19.1. The molecule has 3 amide bonds. The minimum Gasteiger partial charge on any atom is -0.382 e. The number of amides is 3. The molecule has 98 valence electrons. The van der Waals surface area contributed by atoms with Crippen LogP contribution in [0.15, 0.2) is 24.3 Å². The molecule has 0 saturated carbocycles. The van der Waals surface area contributed by atoms with Gasteiger partial charge in [0.1, 0.15) is 11.9 Å². The number of carbonyl (C=O) groups excluding carboxylic acids is 2. The van der Waals surface area contributed by atoms with Gasteiger partial charge in [-0.05, 0) is 12.1 Å². The molecule has 1 rings (SSSR count). The number of halogens is 1. The van der Waals surface area contributed by atoms with Crippen LogP contribution in [-0.2, 0) is 9.53 Å². The monoisotopic (exact) mass is 255 g/mol. The molecule has 0 aliphatic carbocycles. The lowest BCUT2D eigenvalue weighted by Crippen LogP contribution is -2.48. The van der Waals surface area contributed by atoms with Crippen molar-refractivity contribution in [3.63, 3.8) is 0 Å². The Hall–Kier alpha value is -2.15. The van der Waals surface area contributed by atoms with Crippen molar-refractivity contribution in [1.82, 2.24) is 5.32 Å². The summed E-state index contributed by atoms with van der Waals surface area (Å²) in [7, 11) is 1.37. The fourth-order valence-electron chi connectivity index (χ4n) is 1.24. The lowest BCUT2D eigenvalue weighted by atomic mass is 10.3. The first-order valence-corrected chi connectivity index (χ1v) is 5.15. The number of hydrogen-bond acceptors (Lipinski definition) is 3. The highest BCUT2D eigenvalue weighted by molar-refractivity contribution is 5.93. The van der Waals surface area contributed by atoms with E-state index in [0.29, 0.717) is 0 Å². The molecule has 7 heteroatoms. The normalized spacial score (nSPS) is 11.7. The molecule has 4 N–H and O–H groups in total. The molecule has 1 atom stereocenters. The Labute approximate surface area is 103 Å². The van der Waals surface area contributed by atoms with Gasteiger partial charge in [0.2, 0.25) is 5.91 Å². The van der Waals surface area contributed by atoms with E-state index in [-0.39, 0.29) is 12.3 Å². The van der Waals surface area contributed by atoms with Gasteiger partial charge in [0.15, 0.2) is 0 Å². The van der Waals surface area contributed by atoms with E-state index in [2.05, 4.69) is 10.6 Å². The summed E-state index contributed by atoms with van der Waals surface area (Å²) in [5, 5.41) is 4.54. The number of ether oxygens (including phenoxy) is 1. The third-order valence-corrected chi connectivity index (χ3v) is 2.10. The molecule has 18 heavy (non-hydrogen) atoms. The van der Waals surface area contributed by atoms with Crippen molar-refractivity contribution < 1.29 is 18.7 Å². The van der Waals surface area contributed by atoms with E-state index in [1.165, 1.54) is 25.3 Å². The fourth-order valence-corrected chi connectivity index (χ4v) is 1.24. The van der Waals surface area contributed by atoms with Gasteiger partial charge in [-0.1, -0.05) is 12.1 Å². The molecule has 1 aromatic rings. The van der Waals surface area contributed by atoms with Crippen molar-refractivity contribution in [2.45, 2.75) is 6.04 Å². The van der Waals surface area contributed by atoms with Crippen molar-refractivity contribution in [2.75, 3.05) is 19.0 Å². The quantitative estimate of drug-likeness (QED) is 0.713. The maximum Gasteiger partial charge on any atom is 0.320 e. The molecule has 0 radical (unpaired) electrons. The summed E-state index contributed by atoms with van der Waals surface area (Å²) < 4.78 is 18.0. The number of benzene rings is 1. The van der Waals surface area contributed by atoms with Crippen LogP contribution in [0.1, 0.15) is 0 Å². The standard InChI is InChI=1S/C11H14FN3O3/c1-18-6-9(10(13)16)15-11(17)14-8-5-3-2-4-7(8)12/h2-5,9H,6H2,1H3,(H2,13,16)(H2,14,15,17)/t9-/m0/s1. The van der Waals surface area contributed by atoms with Crippen molar-refractivity contribution in [3.05, 3.63) is 30.1 Å². The summed E-state index contributed by atoms with van der Waals surface area (Å²) in [5.41, 5.74) is 5.07. The van der Waals surface area contributed by atoms with Crippen LogP contribution >= 0.6 is 0 Å². The van der Waals surface area contributed by atoms with Gasteiger partial charge in [-0.3, -0.25) is 4.79 Å². The zero-order valence-corrected chi connectivity index (χ0v) is 9.77. The minimum absolute atomic E-state index is 0.00985. The predicted octanol–water partition coefficient (Wildman–Crippen LogP) is 0.447. The van der Waals surface area contributed by atoms with Crippen LogP contribution in [-0.4, -0.2) is 31.7 Å². The van der Waals surface area contributed by atoms with E-state index in [1.807, 2.05) is 0 Å². The number of methoxy groups -OCH3 is 1. The van der Waals surface area contributed by atoms with Gasteiger partial charge in [0.25, 0.3) is 0 Å². The number of nitrogens with one attached hydrogen (secondary N) is 2. The highest BCUT2D eigenvalue weighted by Crippen LogP contribution is 2.11. The number of rotatable bonds is 5. The largest absolute Gasteiger partial charge is 0.382 e. The molecule has 0 aromatic heterocycles. The van der Waals surface area contributed by atoms with E-state index in [9.17, 15) is 14.0 Å². The van der Waals surface area contributed by atoms with E-state index >= 15 is 0 Å². The number of urea groups is 1. The van der Waals surface area contributed by atoms with Gasteiger partial charge in [-0.25, -0.2) is 9.18 Å². The maximum absolute atomic E-state index is 13.2. The average Bonchev–Trinajstić information content (AvgIpc) is 2.31. The van der Waals surface area contributed by atoms with E-state index in [0.717, 1.165) is 0 Å². The molecule has 0 spiro atoms. The smallest absolute Gasteiger partial charge is 0.320 e. The van der Waals surface area contributed by atoms with Gasteiger partial charge in [-0.15, -0.1) is 0 Å². The van der Waals surface area contributed by atoms with Gasteiger partial charge in [0.05, 0.1) is 12.3 Å². The zero-order chi connectivity index (χ0) is 13.5. The second-order valence-electron chi connectivity index (χ2n) is 3.49. The first-order chi connectivity index (χ1) is 8.54. The van der Waals surface area contributed by atoms with Gasteiger partial charge in [0, 0.05) is 7.11 Å². The Morgan fingerprint density at radius 1 is 1.44 bits per heavy atom. The molecular formula is C11H14FN3O3. The lowest BCUT2D eigenvalue weighted by molar-refractivity contribution is -0.120. The van der Waals surface area contributed by atoms with Gasteiger partial charge in [-0.2, -0.15) is 0 Å². The molecular weight excluding hydrogens is 241 g/mol. The summed E-state index contributed by atoms with van der Waals surface area (Å²) in [5.74, 6) is -1.31. The number of anilines is 1. The minimum atomic E-state index is -0.971. The molecule has 6 nitrogen and oxygen atoms in total. The van der Waals surface area contributed by atoms with Crippen LogP contribution in [0.3, 0.4) is 0 Å². The third-order valence-electron chi connectivity index (χ3n) is 2.10. The number of nitrogens with two attached hydrogens (primary N) is 1. The molecule has 0 heterocycles. The number of hydrogen-bond donors (Lipinski definition) is 3. The average molecular weight is 255 g/mol. The summed E-state index contributed by atoms with van der Waals surface area (Å²) in [6, 6.07) is 3.96. The predicted molar refractivity (Wildman–Crippen MR) is 63.4 cm³/mol. The van der Waals surface area contributed by atoms with Crippen LogP contribution in [0.25, 0.3) is 0 Å². The Balaban J connectivity index is 2.61. The molecule has 0 bridgehead atoms. The van der Waals surface area contributed by atoms with Crippen LogP contribution in [0, 0.1) is 5.82 Å². The second kappa shape index (κ2) is 6.55. The van der Waals surface area contributed by atoms with E-state index in [1.54, 1.807) is 6.07 Å². The Bertz CT molecular complexity index is 439. The molecule has 0 saturated heterocycles. The van der Waals surface area contributed by atoms with E-state index in [4.69, 9.17) is 10.5 Å².